The lowest BCUT2D eigenvalue weighted by Crippen LogP contribution is -2.48. The van der Waals surface area contributed by atoms with Crippen LogP contribution >= 0.6 is 0 Å². The van der Waals surface area contributed by atoms with Crippen LogP contribution in [0.3, 0.4) is 0 Å². The molecule has 0 aromatic carbocycles. The Morgan fingerprint density at radius 3 is 3.12 bits per heavy atom. The quantitative estimate of drug-likeness (QED) is 0.884. The van der Waals surface area contributed by atoms with E-state index in [1.807, 2.05) is 6.07 Å². The SMILES string of the molecule is COC1CCN(C2CCCC2NC(=O)c2ncnc3[nH]ccc23)C1. The van der Waals surface area contributed by atoms with Crippen molar-refractivity contribution in [2.75, 3.05) is 20.2 Å². The number of rotatable bonds is 4. The molecule has 0 bridgehead atoms. The molecule has 1 aliphatic carbocycles. The molecule has 2 aliphatic rings. The van der Waals surface area contributed by atoms with Crippen LogP contribution in [0.4, 0.5) is 0 Å². The van der Waals surface area contributed by atoms with Gasteiger partial charge in [-0.15, -0.1) is 0 Å². The predicted octanol–water partition coefficient (Wildman–Crippen LogP) is 1.33. The number of hydrogen-bond donors (Lipinski definition) is 2. The fraction of sp³-hybridized carbons (Fsp3) is 0.588. The highest BCUT2D eigenvalue weighted by atomic mass is 16.5. The largest absolute Gasteiger partial charge is 0.380 e. The monoisotopic (exact) mass is 329 g/mol. The number of ether oxygens (including phenoxy) is 1. The van der Waals surface area contributed by atoms with Crippen LogP contribution in [0.15, 0.2) is 18.6 Å². The topological polar surface area (TPSA) is 83.1 Å². The van der Waals surface area contributed by atoms with Gasteiger partial charge in [0.15, 0.2) is 0 Å². The van der Waals surface area contributed by atoms with Crippen molar-refractivity contribution in [3.05, 3.63) is 24.3 Å². The van der Waals surface area contributed by atoms with Crippen LogP contribution < -0.4 is 5.32 Å². The lowest BCUT2D eigenvalue weighted by molar-refractivity contribution is 0.0870. The molecule has 2 N–H and O–H groups in total. The van der Waals surface area contributed by atoms with Gasteiger partial charge in [-0.2, -0.15) is 0 Å². The van der Waals surface area contributed by atoms with Gasteiger partial charge >= 0.3 is 0 Å². The molecule has 128 valence electrons. The number of fused-ring (bicyclic) bond motifs is 1. The molecule has 3 atom stereocenters. The van der Waals surface area contributed by atoms with Crippen molar-refractivity contribution in [2.24, 2.45) is 0 Å². The molecule has 1 amide bonds. The first-order valence-electron chi connectivity index (χ1n) is 8.62. The average Bonchev–Trinajstić information content (AvgIpc) is 3.33. The standard InChI is InChI=1S/C17H23N5O2/c1-24-11-6-8-22(9-11)14-4-2-3-13(14)21-17(23)15-12-5-7-18-16(12)20-10-19-15/h5,7,10-11,13-14H,2-4,6,8-9H2,1H3,(H,21,23)(H,18,19,20). The Morgan fingerprint density at radius 2 is 2.29 bits per heavy atom. The van der Waals surface area contributed by atoms with E-state index in [4.69, 9.17) is 4.74 Å². The first kappa shape index (κ1) is 15.5. The van der Waals surface area contributed by atoms with Crippen LogP contribution in [-0.4, -0.2) is 64.1 Å². The lowest BCUT2D eigenvalue weighted by atomic mass is 10.1. The molecule has 0 spiro atoms. The summed E-state index contributed by atoms with van der Waals surface area (Å²) in [5.74, 6) is -0.110. The number of aromatic nitrogens is 3. The average molecular weight is 329 g/mol. The summed E-state index contributed by atoms with van der Waals surface area (Å²) in [5.41, 5.74) is 1.14. The smallest absolute Gasteiger partial charge is 0.270 e. The van der Waals surface area contributed by atoms with Crippen LogP contribution in [-0.2, 0) is 4.74 Å². The molecule has 7 heteroatoms. The van der Waals surface area contributed by atoms with Crippen LogP contribution in [0.2, 0.25) is 0 Å². The van der Waals surface area contributed by atoms with E-state index in [0.29, 0.717) is 23.5 Å². The van der Waals surface area contributed by atoms with Crippen LogP contribution in [0, 0.1) is 0 Å². The summed E-state index contributed by atoms with van der Waals surface area (Å²) in [5, 5.41) is 3.98. The maximum Gasteiger partial charge on any atom is 0.270 e. The van der Waals surface area contributed by atoms with Crippen molar-refractivity contribution in [2.45, 2.75) is 43.9 Å². The number of nitrogens with zero attached hydrogens (tertiary/aromatic N) is 3. The summed E-state index contributed by atoms with van der Waals surface area (Å²) in [4.78, 5) is 26.6. The molecule has 3 unspecified atom stereocenters. The van der Waals surface area contributed by atoms with Crippen molar-refractivity contribution in [1.29, 1.82) is 0 Å². The number of amides is 1. The van der Waals surface area contributed by atoms with Gasteiger partial charge in [0, 0.05) is 38.5 Å². The summed E-state index contributed by atoms with van der Waals surface area (Å²) in [6.07, 6.45) is 7.91. The lowest BCUT2D eigenvalue weighted by Gasteiger charge is -2.29. The van der Waals surface area contributed by atoms with E-state index in [9.17, 15) is 4.79 Å². The molecule has 1 saturated carbocycles. The fourth-order valence-corrected chi connectivity index (χ4v) is 4.08. The van der Waals surface area contributed by atoms with E-state index in [1.54, 1.807) is 13.3 Å². The van der Waals surface area contributed by atoms with Gasteiger partial charge in [-0.1, -0.05) is 0 Å². The highest BCUT2D eigenvalue weighted by Gasteiger charge is 2.37. The molecule has 3 heterocycles. The van der Waals surface area contributed by atoms with Crippen molar-refractivity contribution < 1.29 is 9.53 Å². The molecule has 1 aliphatic heterocycles. The zero-order valence-electron chi connectivity index (χ0n) is 13.9. The second-order valence-corrected chi connectivity index (χ2v) is 6.68. The van der Waals surface area contributed by atoms with E-state index in [2.05, 4.69) is 25.2 Å². The third-order valence-electron chi connectivity index (χ3n) is 5.34. The van der Waals surface area contributed by atoms with Crippen molar-refractivity contribution in [1.82, 2.24) is 25.2 Å². The molecule has 0 radical (unpaired) electrons. The number of H-pyrrole nitrogens is 1. The maximum atomic E-state index is 12.7. The number of methoxy groups -OCH3 is 1. The van der Waals surface area contributed by atoms with Gasteiger partial charge in [0.2, 0.25) is 0 Å². The van der Waals surface area contributed by atoms with E-state index in [-0.39, 0.29) is 11.9 Å². The first-order chi connectivity index (χ1) is 11.8. The number of likely N-dealkylation sites (tertiary alicyclic amines) is 1. The van der Waals surface area contributed by atoms with E-state index in [1.165, 1.54) is 6.33 Å². The Kier molecular flexibility index (Phi) is 4.20. The van der Waals surface area contributed by atoms with Crippen LogP contribution in [0.5, 0.6) is 0 Å². The van der Waals surface area contributed by atoms with Gasteiger partial charge in [0.1, 0.15) is 17.7 Å². The number of carbonyl (C=O) groups is 1. The molecule has 2 aromatic rings. The maximum absolute atomic E-state index is 12.7. The number of carbonyl (C=O) groups excluding carboxylic acids is 1. The molecule has 24 heavy (non-hydrogen) atoms. The molecule has 4 rings (SSSR count). The van der Waals surface area contributed by atoms with Crippen molar-refractivity contribution in [3.8, 4) is 0 Å². The van der Waals surface area contributed by atoms with Crippen LogP contribution in [0.25, 0.3) is 11.0 Å². The minimum absolute atomic E-state index is 0.110. The molecular formula is C17H23N5O2. The number of aromatic amines is 1. The molecule has 2 aromatic heterocycles. The molecule has 7 nitrogen and oxygen atoms in total. The summed E-state index contributed by atoms with van der Waals surface area (Å²) in [6.45, 7) is 2.01. The van der Waals surface area contributed by atoms with Crippen molar-refractivity contribution in [3.63, 3.8) is 0 Å². The highest BCUT2D eigenvalue weighted by molar-refractivity contribution is 6.03. The minimum Gasteiger partial charge on any atom is -0.380 e. The molecule has 2 fully saturated rings. The summed E-state index contributed by atoms with van der Waals surface area (Å²) in [7, 11) is 1.78. The third-order valence-corrected chi connectivity index (χ3v) is 5.34. The van der Waals surface area contributed by atoms with E-state index < -0.39 is 0 Å². The summed E-state index contributed by atoms with van der Waals surface area (Å²) in [6, 6.07) is 2.43. The van der Waals surface area contributed by atoms with Gasteiger partial charge in [0.05, 0.1) is 11.5 Å². The Bertz CT molecular complexity index is 731. The Morgan fingerprint density at radius 1 is 1.38 bits per heavy atom. The molecule has 1 saturated heterocycles. The summed E-state index contributed by atoms with van der Waals surface area (Å²) < 4.78 is 5.48. The van der Waals surface area contributed by atoms with Gasteiger partial charge in [0.25, 0.3) is 5.91 Å². The van der Waals surface area contributed by atoms with Gasteiger partial charge in [-0.3, -0.25) is 9.69 Å². The summed E-state index contributed by atoms with van der Waals surface area (Å²) >= 11 is 0. The predicted molar refractivity (Wildman–Crippen MR) is 89.8 cm³/mol. The van der Waals surface area contributed by atoms with Gasteiger partial charge in [-0.25, -0.2) is 9.97 Å². The normalized spacial score (nSPS) is 27.8. The third kappa shape index (κ3) is 2.78. The van der Waals surface area contributed by atoms with E-state index >= 15 is 0 Å². The zero-order valence-corrected chi connectivity index (χ0v) is 13.9. The Hall–Kier alpha value is -1.99. The van der Waals surface area contributed by atoms with Crippen molar-refractivity contribution >= 4 is 16.9 Å². The number of hydrogen-bond acceptors (Lipinski definition) is 5. The zero-order chi connectivity index (χ0) is 16.5. The number of nitrogens with one attached hydrogen (secondary N) is 2. The Labute approximate surface area is 140 Å². The van der Waals surface area contributed by atoms with E-state index in [0.717, 1.165) is 44.2 Å². The Balaban J connectivity index is 1.48. The van der Waals surface area contributed by atoms with Crippen LogP contribution in [0.1, 0.15) is 36.2 Å². The fourth-order valence-electron chi connectivity index (χ4n) is 4.08. The second-order valence-electron chi connectivity index (χ2n) is 6.68. The highest BCUT2D eigenvalue weighted by Crippen LogP contribution is 2.28. The first-order valence-corrected chi connectivity index (χ1v) is 8.62. The van der Waals surface area contributed by atoms with Gasteiger partial charge in [-0.05, 0) is 31.7 Å². The second kappa shape index (κ2) is 6.49. The molecular weight excluding hydrogens is 306 g/mol. The minimum atomic E-state index is -0.110. The van der Waals surface area contributed by atoms with Gasteiger partial charge < -0.3 is 15.0 Å².